The van der Waals surface area contributed by atoms with E-state index in [-0.39, 0.29) is 18.2 Å². The average molecular weight is 460 g/mol. The summed E-state index contributed by atoms with van der Waals surface area (Å²) in [6, 6.07) is -0.178. The number of carbonyl (C=O) groups is 2. The smallest absolute Gasteiger partial charge is 0.458 e. The second-order valence-corrected chi connectivity index (χ2v) is 6.52. The van der Waals surface area contributed by atoms with E-state index in [1.807, 2.05) is 0 Å². The molecule has 1 aromatic rings. The van der Waals surface area contributed by atoms with Crippen LogP contribution in [0.25, 0.3) is 0 Å². The lowest BCUT2D eigenvalue weighted by atomic mass is 10.0. The zero-order valence-corrected chi connectivity index (χ0v) is 14.3. The third-order valence-electron chi connectivity index (χ3n) is 2.93. The van der Waals surface area contributed by atoms with Crippen LogP contribution in [0.4, 0.5) is 35.1 Å². The van der Waals surface area contributed by atoms with Gasteiger partial charge in [0.1, 0.15) is 13.2 Å². The summed E-state index contributed by atoms with van der Waals surface area (Å²) in [6.07, 6.45) is -10.5. The molecule has 0 amide bonds. The van der Waals surface area contributed by atoms with Crippen molar-refractivity contribution in [3.05, 3.63) is 34.9 Å². The van der Waals surface area contributed by atoms with E-state index in [1.165, 1.54) is 0 Å². The fraction of sp³-hybridized carbons (Fsp3) is 0.385. The Morgan fingerprint density at radius 2 is 1.24 bits per heavy atom. The summed E-state index contributed by atoms with van der Waals surface area (Å²) in [5.41, 5.74) is -4.83. The predicted octanol–water partition coefficient (Wildman–Crippen LogP) is 2.90. The zero-order valence-electron chi connectivity index (χ0n) is 13.5. The number of halogens is 8. The molecule has 0 aliphatic carbocycles. The summed E-state index contributed by atoms with van der Waals surface area (Å²) in [4.78, 5) is 22.5. The van der Waals surface area contributed by atoms with Crippen molar-refractivity contribution in [3.8, 4) is 0 Å². The molecule has 1 rings (SSSR count). The molecule has 1 N–H and O–H groups in total. The molecule has 0 aromatic heterocycles. The fourth-order valence-corrected chi connectivity index (χ4v) is 1.88. The van der Waals surface area contributed by atoms with Crippen LogP contribution in [0.1, 0.15) is 21.5 Å². The SMILES string of the molecule is O=C(OCCOC(=O)C(F)(F)S(=O)(=O)O)c1cc(C(F)(F)F)cc(C(F)(F)F)c1. The van der Waals surface area contributed by atoms with Crippen LogP contribution in [0, 0.1) is 0 Å². The molecule has 0 saturated heterocycles. The van der Waals surface area contributed by atoms with Gasteiger partial charge in [0.05, 0.1) is 16.7 Å². The molecule has 0 aliphatic rings. The largest absolute Gasteiger partial charge is 0.465 e. The van der Waals surface area contributed by atoms with Crippen LogP contribution in [-0.2, 0) is 36.7 Å². The van der Waals surface area contributed by atoms with Gasteiger partial charge in [-0.1, -0.05) is 0 Å². The molecule has 0 radical (unpaired) electrons. The maximum atomic E-state index is 12.9. The summed E-state index contributed by atoms with van der Waals surface area (Å²) >= 11 is 0. The predicted molar refractivity (Wildman–Crippen MR) is 74.2 cm³/mol. The maximum Gasteiger partial charge on any atom is 0.465 e. The minimum atomic E-state index is -6.16. The summed E-state index contributed by atoms with van der Waals surface area (Å²) in [5, 5.41) is -5.35. The minimum Gasteiger partial charge on any atom is -0.458 e. The third-order valence-corrected chi connectivity index (χ3v) is 3.75. The Labute approximate surface area is 155 Å². The second-order valence-electron chi connectivity index (χ2n) is 5.06. The van der Waals surface area contributed by atoms with E-state index in [1.54, 1.807) is 0 Å². The standard InChI is InChI=1S/C13H8F8O7S/c14-11(15,16)7-3-6(4-8(5-7)12(17,18)19)9(22)27-1-2-28-10(23)13(20,21)29(24,25)26/h3-5H,1-2H2,(H,24,25,26). The molecule has 7 nitrogen and oxygen atoms in total. The van der Waals surface area contributed by atoms with Crippen molar-refractivity contribution in [3.63, 3.8) is 0 Å². The lowest BCUT2D eigenvalue weighted by Crippen LogP contribution is -2.39. The van der Waals surface area contributed by atoms with Crippen molar-refractivity contribution in [2.75, 3.05) is 13.2 Å². The van der Waals surface area contributed by atoms with Gasteiger partial charge in [0.25, 0.3) is 0 Å². The van der Waals surface area contributed by atoms with Crippen molar-refractivity contribution in [1.29, 1.82) is 0 Å². The molecule has 0 bridgehead atoms. The summed E-state index contributed by atoms with van der Waals surface area (Å²) in [5.74, 6) is -4.51. The van der Waals surface area contributed by atoms with E-state index in [9.17, 15) is 53.1 Å². The van der Waals surface area contributed by atoms with Crippen molar-refractivity contribution >= 4 is 22.1 Å². The highest BCUT2D eigenvalue weighted by Crippen LogP contribution is 2.36. The molecule has 164 valence electrons. The van der Waals surface area contributed by atoms with Gasteiger partial charge in [-0.2, -0.15) is 43.5 Å². The summed E-state index contributed by atoms with van der Waals surface area (Å²) in [6.45, 7) is -2.38. The van der Waals surface area contributed by atoms with Gasteiger partial charge >= 0.3 is 39.7 Å². The summed E-state index contributed by atoms with van der Waals surface area (Å²) < 4.78 is 138. The Kier molecular flexibility index (Phi) is 6.85. The van der Waals surface area contributed by atoms with E-state index in [4.69, 9.17) is 4.55 Å². The molecule has 0 aliphatic heterocycles. The number of alkyl halides is 8. The topological polar surface area (TPSA) is 107 Å². The first-order valence-corrected chi connectivity index (χ1v) is 8.30. The highest BCUT2D eigenvalue weighted by atomic mass is 32.2. The number of carbonyl (C=O) groups excluding carboxylic acids is 2. The third kappa shape index (κ3) is 6.25. The van der Waals surface area contributed by atoms with Crippen LogP contribution < -0.4 is 0 Å². The van der Waals surface area contributed by atoms with Crippen molar-refractivity contribution in [2.45, 2.75) is 17.6 Å². The number of ether oxygens (including phenoxy) is 2. The summed E-state index contributed by atoms with van der Waals surface area (Å²) in [7, 11) is -6.16. The van der Waals surface area contributed by atoms with Gasteiger partial charge in [-0.05, 0) is 18.2 Å². The van der Waals surface area contributed by atoms with Crippen LogP contribution in [0.15, 0.2) is 18.2 Å². The maximum absolute atomic E-state index is 12.9. The van der Waals surface area contributed by atoms with Gasteiger partial charge in [-0.15, -0.1) is 0 Å². The highest BCUT2D eigenvalue weighted by Gasteiger charge is 2.54. The van der Waals surface area contributed by atoms with E-state index in [0.717, 1.165) is 0 Å². The number of rotatable bonds is 6. The minimum absolute atomic E-state index is 0.0378. The van der Waals surface area contributed by atoms with E-state index >= 15 is 0 Å². The first-order chi connectivity index (χ1) is 12.9. The molecule has 0 atom stereocenters. The van der Waals surface area contributed by atoms with Gasteiger partial charge in [-0.3, -0.25) is 4.55 Å². The molecule has 0 fully saturated rings. The first-order valence-electron chi connectivity index (χ1n) is 6.86. The molecule has 0 spiro atoms. The van der Waals surface area contributed by atoms with Gasteiger partial charge in [-0.25, -0.2) is 9.59 Å². The average Bonchev–Trinajstić information content (AvgIpc) is 2.55. The molecule has 0 unspecified atom stereocenters. The zero-order chi connectivity index (χ0) is 22.8. The van der Waals surface area contributed by atoms with E-state index in [2.05, 4.69) is 9.47 Å². The second kappa shape index (κ2) is 8.10. The Morgan fingerprint density at radius 3 is 1.62 bits per heavy atom. The van der Waals surface area contributed by atoms with Crippen LogP contribution in [0.2, 0.25) is 0 Å². The molecule has 29 heavy (non-hydrogen) atoms. The molecule has 0 heterocycles. The Hall–Kier alpha value is -2.49. The van der Waals surface area contributed by atoms with Crippen molar-refractivity contribution < 1.29 is 67.2 Å². The van der Waals surface area contributed by atoms with E-state index < -0.39 is 69.6 Å². The van der Waals surface area contributed by atoms with Crippen LogP contribution in [-0.4, -0.2) is 43.4 Å². The van der Waals surface area contributed by atoms with Gasteiger partial charge in [0.15, 0.2) is 0 Å². The lowest BCUT2D eigenvalue weighted by molar-refractivity contribution is -0.162. The monoisotopic (exact) mass is 460 g/mol. The van der Waals surface area contributed by atoms with Gasteiger partial charge < -0.3 is 9.47 Å². The van der Waals surface area contributed by atoms with Crippen LogP contribution >= 0.6 is 0 Å². The first kappa shape index (κ1) is 24.5. The van der Waals surface area contributed by atoms with Crippen molar-refractivity contribution in [1.82, 2.24) is 0 Å². The number of esters is 2. The number of hydrogen-bond donors (Lipinski definition) is 1. The van der Waals surface area contributed by atoms with Gasteiger partial charge in [0, 0.05) is 0 Å². The molecular weight excluding hydrogens is 452 g/mol. The molecular formula is C13H8F8O7S. The Bertz CT molecular complexity index is 857. The molecule has 1 aromatic carbocycles. The fourth-order valence-electron chi connectivity index (χ4n) is 1.61. The molecule has 0 saturated carbocycles. The molecule has 16 heteroatoms. The highest BCUT2D eigenvalue weighted by molar-refractivity contribution is 7.87. The number of benzene rings is 1. The van der Waals surface area contributed by atoms with Crippen LogP contribution in [0.5, 0.6) is 0 Å². The van der Waals surface area contributed by atoms with Gasteiger partial charge in [0.2, 0.25) is 0 Å². The lowest BCUT2D eigenvalue weighted by Gasteiger charge is -2.14. The van der Waals surface area contributed by atoms with E-state index in [0.29, 0.717) is 0 Å². The Morgan fingerprint density at radius 1 is 0.828 bits per heavy atom. The quantitative estimate of drug-likeness (QED) is 0.301. The van der Waals surface area contributed by atoms with Crippen LogP contribution in [0.3, 0.4) is 0 Å². The van der Waals surface area contributed by atoms with Crippen molar-refractivity contribution in [2.24, 2.45) is 0 Å². The Balaban J connectivity index is 2.87. The normalized spacial score (nSPS) is 13.1. The number of hydrogen-bond acceptors (Lipinski definition) is 6.